The number of sulfone groups is 1. The second kappa shape index (κ2) is 4.09. The molecule has 13 heavy (non-hydrogen) atoms. The van der Waals surface area contributed by atoms with Gasteiger partial charge in [-0.2, -0.15) is 0 Å². The average molecular weight is 205 g/mol. The number of amides is 1. The first-order valence-electron chi connectivity index (χ1n) is 4.50. The van der Waals surface area contributed by atoms with Crippen LogP contribution in [0.1, 0.15) is 19.8 Å². The molecule has 0 aromatic rings. The quantitative estimate of drug-likeness (QED) is 0.699. The SMILES string of the molecule is CCC(=O)NCCC1CS(=O)(=O)C1. The number of rotatable bonds is 4. The van der Waals surface area contributed by atoms with Gasteiger partial charge in [0.15, 0.2) is 9.84 Å². The predicted octanol–water partition coefficient (Wildman–Crippen LogP) is -0.0527. The van der Waals surface area contributed by atoms with E-state index in [1.165, 1.54) is 0 Å². The molecule has 1 aliphatic rings. The molecule has 1 rings (SSSR count). The van der Waals surface area contributed by atoms with Gasteiger partial charge in [-0.15, -0.1) is 0 Å². The van der Waals surface area contributed by atoms with Crippen LogP contribution < -0.4 is 5.32 Å². The van der Waals surface area contributed by atoms with Gasteiger partial charge in [-0.05, 0) is 12.3 Å². The summed E-state index contributed by atoms with van der Waals surface area (Å²) in [5.41, 5.74) is 0. The molecule has 0 atom stereocenters. The van der Waals surface area contributed by atoms with Gasteiger partial charge in [-0.3, -0.25) is 4.79 Å². The number of carbonyl (C=O) groups is 1. The normalized spacial score (nSPS) is 20.7. The zero-order valence-corrected chi connectivity index (χ0v) is 8.56. The predicted molar refractivity (Wildman–Crippen MR) is 50.1 cm³/mol. The Morgan fingerprint density at radius 1 is 1.46 bits per heavy atom. The molecule has 0 aromatic carbocycles. The summed E-state index contributed by atoms with van der Waals surface area (Å²) in [5.74, 6) is 0.897. The Morgan fingerprint density at radius 3 is 2.54 bits per heavy atom. The Morgan fingerprint density at radius 2 is 2.08 bits per heavy atom. The Hall–Kier alpha value is -0.580. The maximum absolute atomic E-state index is 10.8. The summed E-state index contributed by atoms with van der Waals surface area (Å²) in [4.78, 5) is 10.8. The van der Waals surface area contributed by atoms with E-state index in [1.807, 2.05) is 0 Å². The first-order chi connectivity index (χ1) is 6.03. The van der Waals surface area contributed by atoms with Gasteiger partial charge in [-0.25, -0.2) is 8.42 Å². The van der Waals surface area contributed by atoms with E-state index < -0.39 is 9.84 Å². The van der Waals surface area contributed by atoms with Crippen LogP contribution in [0.25, 0.3) is 0 Å². The van der Waals surface area contributed by atoms with E-state index in [0.717, 1.165) is 6.42 Å². The fourth-order valence-corrected chi connectivity index (χ4v) is 3.05. The van der Waals surface area contributed by atoms with Crippen molar-refractivity contribution in [2.24, 2.45) is 5.92 Å². The molecular formula is C8H15NO3S. The first-order valence-corrected chi connectivity index (χ1v) is 6.33. The van der Waals surface area contributed by atoms with Crippen LogP contribution in [0.15, 0.2) is 0 Å². The van der Waals surface area contributed by atoms with E-state index >= 15 is 0 Å². The van der Waals surface area contributed by atoms with Crippen molar-refractivity contribution in [3.05, 3.63) is 0 Å². The van der Waals surface area contributed by atoms with Crippen LogP contribution in [-0.2, 0) is 14.6 Å². The summed E-state index contributed by atoms with van der Waals surface area (Å²) in [5, 5.41) is 2.73. The molecule has 0 saturated carbocycles. The molecule has 1 saturated heterocycles. The molecule has 0 unspecified atom stereocenters. The Kier molecular flexibility index (Phi) is 3.30. The molecule has 0 bridgehead atoms. The first kappa shape index (κ1) is 10.5. The summed E-state index contributed by atoms with van der Waals surface area (Å²) in [7, 11) is -2.70. The highest BCUT2D eigenvalue weighted by molar-refractivity contribution is 7.92. The van der Waals surface area contributed by atoms with Crippen molar-refractivity contribution in [2.75, 3.05) is 18.1 Å². The maximum atomic E-state index is 10.8. The van der Waals surface area contributed by atoms with Gasteiger partial charge in [0, 0.05) is 13.0 Å². The lowest BCUT2D eigenvalue weighted by Crippen LogP contribution is -2.38. The molecular weight excluding hydrogens is 190 g/mol. The monoisotopic (exact) mass is 205 g/mol. The third kappa shape index (κ3) is 3.34. The number of nitrogens with one attached hydrogen (secondary N) is 1. The van der Waals surface area contributed by atoms with Crippen LogP contribution >= 0.6 is 0 Å². The van der Waals surface area contributed by atoms with Gasteiger partial charge in [0.25, 0.3) is 0 Å². The number of hydrogen-bond donors (Lipinski definition) is 1. The molecule has 76 valence electrons. The highest BCUT2D eigenvalue weighted by atomic mass is 32.2. The molecule has 0 aliphatic carbocycles. The molecule has 4 nitrogen and oxygen atoms in total. The second-order valence-electron chi connectivity index (χ2n) is 3.44. The van der Waals surface area contributed by atoms with Gasteiger partial charge in [-0.1, -0.05) is 6.92 Å². The zero-order valence-electron chi connectivity index (χ0n) is 7.75. The van der Waals surface area contributed by atoms with Crippen molar-refractivity contribution in [3.63, 3.8) is 0 Å². The van der Waals surface area contributed by atoms with Crippen molar-refractivity contribution in [1.82, 2.24) is 5.32 Å². The summed E-state index contributed by atoms with van der Waals surface area (Å²) in [6, 6.07) is 0. The second-order valence-corrected chi connectivity index (χ2v) is 5.59. The average Bonchev–Trinajstić information content (AvgIpc) is 2.00. The lowest BCUT2D eigenvalue weighted by Gasteiger charge is -2.25. The molecule has 1 amide bonds. The summed E-state index contributed by atoms with van der Waals surface area (Å²) < 4.78 is 21.5. The smallest absolute Gasteiger partial charge is 0.219 e. The fourth-order valence-electron chi connectivity index (χ4n) is 1.38. The van der Waals surface area contributed by atoms with Crippen LogP contribution in [0.2, 0.25) is 0 Å². The van der Waals surface area contributed by atoms with E-state index in [9.17, 15) is 13.2 Å². The van der Waals surface area contributed by atoms with Crippen LogP contribution in [0, 0.1) is 5.92 Å². The van der Waals surface area contributed by atoms with Crippen molar-refractivity contribution >= 4 is 15.7 Å². The zero-order chi connectivity index (χ0) is 9.90. The molecule has 1 fully saturated rings. The van der Waals surface area contributed by atoms with E-state index in [2.05, 4.69) is 5.32 Å². The van der Waals surface area contributed by atoms with Gasteiger partial charge in [0.05, 0.1) is 11.5 Å². The van der Waals surface area contributed by atoms with Crippen molar-refractivity contribution in [2.45, 2.75) is 19.8 Å². The van der Waals surface area contributed by atoms with Crippen molar-refractivity contribution in [1.29, 1.82) is 0 Å². The van der Waals surface area contributed by atoms with E-state index in [-0.39, 0.29) is 11.8 Å². The fraction of sp³-hybridized carbons (Fsp3) is 0.875. The minimum atomic E-state index is -2.70. The standard InChI is InChI=1S/C8H15NO3S/c1-2-8(10)9-4-3-7-5-13(11,12)6-7/h7H,2-6H2,1H3,(H,9,10). The molecule has 5 heteroatoms. The number of hydrogen-bond acceptors (Lipinski definition) is 3. The molecule has 0 spiro atoms. The van der Waals surface area contributed by atoms with Crippen LogP contribution in [0.4, 0.5) is 0 Å². The topological polar surface area (TPSA) is 63.2 Å². The van der Waals surface area contributed by atoms with Crippen LogP contribution in [0.3, 0.4) is 0 Å². The molecule has 1 heterocycles. The molecule has 0 radical (unpaired) electrons. The van der Waals surface area contributed by atoms with E-state index in [4.69, 9.17) is 0 Å². The molecule has 1 N–H and O–H groups in total. The van der Waals surface area contributed by atoms with Crippen LogP contribution in [-0.4, -0.2) is 32.4 Å². The maximum Gasteiger partial charge on any atom is 0.219 e. The van der Waals surface area contributed by atoms with E-state index in [1.54, 1.807) is 6.92 Å². The lowest BCUT2D eigenvalue weighted by molar-refractivity contribution is -0.120. The van der Waals surface area contributed by atoms with Gasteiger partial charge in [0.2, 0.25) is 5.91 Å². The highest BCUT2D eigenvalue weighted by Gasteiger charge is 2.32. The largest absolute Gasteiger partial charge is 0.356 e. The molecule has 0 aromatic heterocycles. The number of carbonyl (C=O) groups excluding carboxylic acids is 1. The lowest BCUT2D eigenvalue weighted by atomic mass is 10.1. The summed E-state index contributed by atoms with van der Waals surface area (Å²) in [6.45, 7) is 2.40. The van der Waals surface area contributed by atoms with E-state index in [0.29, 0.717) is 24.5 Å². The van der Waals surface area contributed by atoms with Gasteiger partial charge in [0.1, 0.15) is 0 Å². The Bertz CT molecular complexity index is 272. The van der Waals surface area contributed by atoms with Crippen molar-refractivity contribution < 1.29 is 13.2 Å². The minimum absolute atomic E-state index is 0.0298. The van der Waals surface area contributed by atoms with Crippen molar-refractivity contribution in [3.8, 4) is 0 Å². The summed E-state index contributed by atoms with van der Waals surface area (Å²) in [6.07, 6.45) is 1.27. The van der Waals surface area contributed by atoms with Gasteiger partial charge >= 0.3 is 0 Å². The molecule has 1 aliphatic heterocycles. The third-order valence-electron chi connectivity index (χ3n) is 2.18. The Labute approximate surface area is 78.6 Å². The Balaban J connectivity index is 2.06. The highest BCUT2D eigenvalue weighted by Crippen LogP contribution is 2.20. The third-order valence-corrected chi connectivity index (χ3v) is 4.13. The van der Waals surface area contributed by atoms with Gasteiger partial charge < -0.3 is 5.32 Å². The minimum Gasteiger partial charge on any atom is -0.356 e. The summed E-state index contributed by atoms with van der Waals surface area (Å²) >= 11 is 0. The van der Waals surface area contributed by atoms with Crippen LogP contribution in [0.5, 0.6) is 0 Å².